The maximum atomic E-state index is 13.6. The molecule has 2 unspecified atom stereocenters. The van der Waals surface area contributed by atoms with E-state index in [1.807, 2.05) is 24.3 Å². The van der Waals surface area contributed by atoms with Gasteiger partial charge in [0.15, 0.2) is 0 Å². The van der Waals surface area contributed by atoms with Gasteiger partial charge in [0.1, 0.15) is 18.1 Å². The molecule has 2 aromatic rings. The van der Waals surface area contributed by atoms with E-state index in [0.717, 1.165) is 80.7 Å². The number of aliphatic carboxylic acids is 1. The number of hydrogen-bond donors (Lipinski definition) is 7. The van der Waals surface area contributed by atoms with Gasteiger partial charge in [-0.3, -0.25) is 24.0 Å². The summed E-state index contributed by atoms with van der Waals surface area (Å²) in [5.41, 5.74) is 13.5. The number of carboxylic acids is 1. The summed E-state index contributed by atoms with van der Waals surface area (Å²) in [6.45, 7) is 4.29. The maximum absolute atomic E-state index is 13.6. The standard InChI is InChI=1S/C36H58N6O6/c1-3-5-7-9-11-13-18-27(37)34(46)40-29(20-14-12-10-8-6-4-2)35(47)41-30(21-22-32(43)44)36(48)42-31(33(38)45)23-25-24-39-28-19-16-15-17-26(25)28/h15-17,19,24,27,29-31,39H,3-14,18,20-23,37H2,1-2H3,(H2,38,45)(H,40,46)(H,41,47)(H,42,48)(H,43,44)/t27?,29?,30-,31-/m0/s1. The molecule has 48 heavy (non-hydrogen) atoms. The molecule has 0 bridgehead atoms. The highest BCUT2D eigenvalue weighted by Crippen LogP contribution is 2.19. The number of nitrogens with two attached hydrogens (primary N) is 2. The van der Waals surface area contributed by atoms with E-state index >= 15 is 0 Å². The van der Waals surface area contributed by atoms with E-state index in [2.05, 4.69) is 34.8 Å². The Morgan fingerprint density at radius 3 is 1.83 bits per heavy atom. The van der Waals surface area contributed by atoms with E-state index < -0.39 is 60.2 Å². The van der Waals surface area contributed by atoms with Gasteiger partial charge < -0.3 is 37.5 Å². The number of primary amides is 1. The topological polar surface area (TPSA) is 210 Å². The number of aromatic nitrogens is 1. The maximum Gasteiger partial charge on any atom is 0.303 e. The molecule has 0 saturated carbocycles. The molecule has 2 rings (SSSR count). The average Bonchev–Trinajstić information content (AvgIpc) is 3.47. The summed E-state index contributed by atoms with van der Waals surface area (Å²) < 4.78 is 0. The van der Waals surface area contributed by atoms with Crippen LogP contribution in [0.15, 0.2) is 30.5 Å². The second kappa shape index (κ2) is 22.6. The summed E-state index contributed by atoms with van der Waals surface area (Å²) in [5, 5.41) is 18.3. The molecule has 0 saturated heterocycles. The molecule has 0 radical (unpaired) electrons. The van der Waals surface area contributed by atoms with Gasteiger partial charge in [0.25, 0.3) is 0 Å². The molecule has 4 amide bonds. The summed E-state index contributed by atoms with van der Waals surface area (Å²) in [4.78, 5) is 67.2. The summed E-state index contributed by atoms with van der Waals surface area (Å²) in [6, 6.07) is 3.37. The zero-order valence-electron chi connectivity index (χ0n) is 28.9. The second-order valence-electron chi connectivity index (χ2n) is 12.8. The van der Waals surface area contributed by atoms with Crippen molar-refractivity contribution in [2.45, 2.75) is 147 Å². The minimum atomic E-state index is -1.28. The van der Waals surface area contributed by atoms with Crippen LogP contribution in [0.4, 0.5) is 0 Å². The number of carbonyl (C=O) groups is 5. The van der Waals surface area contributed by atoms with Crippen molar-refractivity contribution in [2.75, 3.05) is 0 Å². The van der Waals surface area contributed by atoms with Gasteiger partial charge in [0, 0.05) is 29.9 Å². The summed E-state index contributed by atoms with van der Waals surface area (Å²) in [5.74, 6) is -3.71. The lowest BCUT2D eigenvalue weighted by molar-refractivity contribution is -0.138. The first-order valence-electron chi connectivity index (χ1n) is 17.8. The lowest BCUT2D eigenvalue weighted by Gasteiger charge is -2.25. The molecule has 12 heteroatoms. The highest BCUT2D eigenvalue weighted by molar-refractivity contribution is 5.95. The van der Waals surface area contributed by atoms with Crippen LogP contribution < -0.4 is 27.4 Å². The van der Waals surface area contributed by atoms with Crippen LogP contribution in [0.5, 0.6) is 0 Å². The van der Waals surface area contributed by atoms with Gasteiger partial charge in [0.05, 0.1) is 6.04 Å². The minimum Gasteiger partial charge on any atom is -0.481 e. The Hall–Kier alpha value is -3.93. The van der Waals surface area contributed by atoms with Crippen LogP contribution in [-0.2, 0) is 30.4 Å². The van der Waals surface area contributed by atoms with Crippen molar-refractivity contribution in [3.05, 3.63) is 36.0 Å². The van der Waals surface area contributed by atoms with Gasteiger partial charge in [-0.15, -0.1) is 0 Å². The molecule has 0 aliphatic carbocycles. The molecular formula is C36H58N6O6. The molecule has 1 aromatic carbocycles. The van der Waals surface area contributed by atoms with E-state index in [0.29, 0.717) is 19.3 Å². The molecule has 1 heterocycles. The molecule has 1 aromatic heterocycles. The van der Waals surface area contributed by atoms with Crippen molar-refractivity contribution < 1.29 is 29.1 Å². The highest BCUT2D eigenvalue weighted by Gasteiger charge is 2.30. The SMILES string of the molecule is CCCCCCCCC(N)C(=O)NC(CCCCCCCC)C(=O)N[C@@H](CCC(=O)O)C(=O)N[C@@H](Cc1c[nH]c2ccccc12)C(N)=O. The highest BCUT2D eigenvalue weighted by atomic mass is 16.4. The molecule has 268 valence electrons. The minimum absolute atomic E-state index is 0.0951. The fraction of sp³-hybridized carbons (Fsp3) is 0.639. The van der Waals surface area contributed by atoms with Gasteiger partial charge >= 0.3 is 5.97 Å². The van der Waals surface area contributed by atoms with Crippen LogP contribution >= 0.6 is 0 Å². The monoisotopic (exact) mass is 670 g/mol. The van der Waals surface area contributed by atoms with Gasteiger partial charge in [-0.25, -0.2) is 0 Å². The Kier molecular flexibility index (Phi) is 19.0. The van der Waals surface area contributed by atoms with E-state index in [9.17, 15) is 29.1 Å². The number of amides is 4. The van der Waals surface area contributed by atoms with Crippen molar-refractivity contribution >= 4 is 40.5 Å². The zero-order chi connectivity index (χ0) is 35.3. The third-order valence-corrected chi connectivity index (χ3v) is 8.72. The molecule has 0 aliphatic rings. The van der Waals surface area contributed by atoms with Crippen LogP contribution in [0.2, 0.25) is 0 Å². The molecule has 0 aliphatic heterocycles. The van der Waals surface area contributed by atoms with Crippen molar-refractivity contribution in [3.8, 4) is 0 Å². The summed E-state index contributed by atoms with van der Waals surface area (Å²) in [6.07, 6.45) is 14.3. The lowest BCUT2D eigenvalue weighted by atomic mass is 10.0. The van der Waals surface area contributed by atoms with Crippen LogP contribution in [-0.4, -0.2) is 63.9 Å². The zero-order valence-corrected chi connectivity index (χ0v) is 28.9. The van der Waals surface area contributed by atoms with Gasteiger partial charge in [-0.2, -0.15) is 0 Å². The number of fused-ring (bicyclic) bond motifs is 1. The quantitative estimate of drug-likeness (QED) is 0.0719. The van der Waals surface area contributed by atoms with Crippen molar-refractivity contribution in [3.63, 3.8) is 0 Å². The number of hydrogen-bond acceptors (Lipinski definition) is 6. The number of carboxylic acid groups (broad SMARTS) is 1. The number of aromatic amines is 1. The average molecular weight is 671 g/mol. The fourth-order valence-corrected chi connectivity index (χ4v) is 5.78. The Labute approximate surface area is 284 Å². The third kappa shape index (κ3) is 14.9. The van der Waals surface area contributed by atoms with Gasteiger partial charge in [0.2, 0.25) is 23.6 Å². The number of benzene rings is 1. The number of para-hydroxylation sites is 1. The van der Waals surface area contributed by atoms with Gasteiger partial charge in [-0.05, 0) is 30.9 Å². The molecular weight excluding hydrogens is 612 g/mol. The number of H-pyrrole nitrogens is 1. The number of rotatable bonds is 26. The number of unbranched alkanes of at least 4 members (excludes halogenated alkanes) is 10. The fourth-order valence-electron chi connectivity index (χ4n) is 5.78. The van der Waals surface area contributed by atoms with Crippen LogP contribution in [0.25, 0.3) is 10.9 Å². The van der Waals surface area contributed by atoms with E-state index in [1.54, 1.807) is 6.20 Å². The molecule has 9 N–H and O–H groups in total. The Morgan fingerprint density at radius 1 is 0.708 bits per heavy atom. The third-order valence-electron chi connectivity index (χ3n) is 8.72. The van der Waals surface area contributed by atoms with E-state index in [4.69, 9.17) is 11.5 Å². The first-order valence-corrected chi connectivity index (χ1v) is 17.8. The predicted molar refractivity (Wildman–Crippen MR) is 188 cm³/mol. The first-order chi connectivity index (χ1) is 23.1. The van der Waals surface area contributed by atoms with Crippen LogP contribution in [0.3, 0.4) is 0 Å². The van der Waals surface area contributed by atoms with Gasteiger partial charge in [-0.1, -0.05) is 109 Å². The van der Waals surface area contributed by atoms with E-state index in [1.165, 1.54) is 6.42 Å². The first kappa shape index (κ1) is 40.2. The largest absolute Gasteiger partial charge is 0.481 e. The Bertz CT molecular complexity index is 1300. The number of carbonyl (C=O) groups excluding carboxylic acids is 4. The van der Waals surface area contributed by atoms with Crippen LogP contribution in [0.1, 0.15) is 122 Å². The molecule has 4 atom stereocenters. The van der Waals surface area contributed by atoms with Crippen molar-refractivity contribution in [1.29, 1.82) is 0 Å². The second-order valence-corrected chi connectivity index (χ2v) is 12.8. The Balaban J connectivity index is 2.13. The predicted octanol–water partition coefficient (Wildman–Crippen LogP) is 4.34. The van der Waals surface area contributed by atoms with E-state index in [-0.39, 0.29) is 12.8 Å². The van der Waals surface area contributed by atoms with Crippen LogP contribution in [0, 0.1) is 0 Å². The normalized spacial score (nSPS) is 13.7. The molecule has 12 nitrogen and oxygen atoms in total. The van der Waals surface area contributed by atoms with Crippen molar-refractivity contribution in [1.82, 2.24) is 20.9 Å². The number of nitrogens with one attached hydrogen (secondary N) is 4. The smallest absolute Gasteiger partial charge is 0.303 e. The summed E-state index contributed by atoms with van der Waals surface area (Å²) in [7, 11) is 0. The Morgan fingerprint density at radius 2 is 1.23 bits per heavy atom. The lowest BCUT2D eigenvalue weighted by Crippen LogP contribution is -2.57. The molecule has 0 fully saturated rings. The van der Waals surface area contributed by atoms with Crippen molar-refractivity contribution in [2.24, 2.45) is 11.5 Å². The molecule has 0 spiro atoms. The summed E-state index contributed by atoms with van der Waals surface area (Å²) >= 11 is 0.